The zero-order chi connectivity index (χ0) is 14.3. The topological polar surface area (TPSA) is 140 Å². The molecule has 0 fully saturated rings. The van der Waals surface area contributed by atoms with E-state index in [1.165, 1.54) is 0 Å². The Kier molecular flexibility index (Phi) is 3.81. The smallest absolute Gasteiger partial charge is 0.338 e. The summed E-state index contributed by atoms with van der Waals surface area (Å²) in [6.45, 7) is 0. The average Bonchev–Trinajstić information content (AvgIpc) is 2.65. The highest BCUT2D eigenvalue weighted by Crippen LogP contribution is 2.59. The number of hydrogen-bond donors (Lipinski definition) is 5. The minimum Gasteiger partial charge on any atom is -0.338 e. The molecule has 0 aliphatic heterocycles. The van der Waals surface area contributed by atoms with Crippen molar-refractivity contribution in [3.05, 3.63) is 24.3 Å². The van der Waals surface area contributed by atoms with Crippen LogP contribution in [-0.4, -0.2) is 30.1 Å². The number of aromatic nitrogens is 1. The van der Waals surface area contributed by atoms with Crippen LogP contribution in [0.15, 0.2) is 24.3 Å². The molecule has 1 aromatic heterocycles. The lowest BCUT2D eigenvalue weighted by atomic mass is 10.3. The van der Waals surface area contributed by atoms with E-state index in [-0.39, 0.29) is 5.13 Å². The predicted octanol–water partition coefficient (Wildman–Crippen LogP) is 1.35. The van der Waals surface area contributed by atoms with E-state index in [0.717, 1.165) is 16.0 Å². The van der Waals surface area contributed by atoms with Gasteiger partial charge in [0.05, 0.1) is 10.2 Å². The molecule has 0 saturated carbocycles. The standard InChI is InChI=1S/C8H10N2O6P2S/c11-17(12,13)8(18(14,15)16)10-7-9-5-3-1-2-4-6(5)19-7/h1-4,8H,(H,9,10)(H2,11,12,13)(H2,14,15,16). The first-order valence-electron chi connectivity index (χ1n) is 4.90. The van der Waals surface area contributed by atoms with E-state index < -0.39 is 20.7 Å². The van der Waals surface area contributed by atoms with Gasteiger partial charge in [0.15, 0.2) is 5.13 Å². The third kappa shape index (κ3) is 3.40. The van der Waals surface area contributed by atoms with Gasteiger partial charge in [0, 0.05) is 0 Å². The highest BCUT2D eigenvalue weighted by Gasteiger charge is 2.44. The number of thiazole rings is 1. The molecule has 0 atom stereocenters. The molecule has 0 spiro atoms. The maximum absolute atomic E-state index is 11.1. The Balaban J connectivity index is 2.37. The average molecular weight is 324 g/mol. The van der Waals surface area contributed by atoms with Gasteiger partial charge >= 0.3 is 15.2 Å². The molecule has 104 valence electrons. The molecular weight excluding hydrogens is 314 g/mol. The fourth-order valence-electron chi connectivity index (χ4n) is 1.41. The quantitative estimate of drug-likeness (QED) is 0.531. The maximum Gasteiger partial charge on any atom is 0.360 e. The molecule has 0 amide bonds. The summed E-state index contributed by atoms with van der Waals surface area (Å²) in [6, 6.07) is 6.91. The van der Waals surface area contributed by atoms with Crippen molar-refractivity contribution in [3.8, 4) is 0 Å². The van der Waals surface area contributed by atoms with E-state index in [9.17, 15) is 9.13 Å². The zero-order valence-corrected chi connectivity index (χ0v) is 11.8. The largest absolute Gasteiger partial charge is 0.360 e. The first kappa shape index (κ1) is 14.6. The lowest BCUT2D eigenvalue weighted by Crippen LogP contribution is -2.19. The van der Waals surface area contributed by atoms with Gasteiger partial charge in [0.25, 0.3) is 0 Å². The van der Waals surface area contributed by atoms with Gasteiger partial charge in [0.1, 0.15) is 0 Å². The van der Waals surface area contributed by atoms with Gasteiger partial charge < -0.3 is 24.9 Å². The Morgan fingerprint density at radius 1 is 1.11 bits per heavy atom. The second-order valence-electron chi connectivity index (χ2n) is 3.68. The molecule has 0 radical (unpaired) electrons. The molecule has 1 heterocycles. The molecule has 8 nitrogen and oxygen atoms in total. The summed E-state index contributed by atoms with van der Waals surface area (Å²) in [5.74, 6) is 0. The third-order valence-corrected chi connectivity index (χ3v) is 6.49. The summed E-state index contributed by atoms with van der Waals surface area (Å²) in [5.41, 5.74) is -1.72. The number of fused-ring (bicyclic) bond motifs is 1. The van der Waals surface area contributed by atoms with Crippen LogP contribution in [0.4, 0.5) is 5.13 Å². The van der Waals surface area contributed by atoms with Crippen molar-refractivity contribution >= 4 is 41.9 Å². The van der Waals surface area contributed by atoms with Crippen LogP contribution >= 0.6 is 26.5 Å². The van der Waals surface area contributed by atoms with Crippen molar-refractivity contribution in [1.29, 1.82) is 0 Å². The maximum atomic E-state index is 11.1. The van der Waals surface area contributed by atoms with E-state index in [1.54, 1.807) is 24.3 Å². The number of hydrogen-bond acceptors (Lipinski definition) is 5. The minimum absolute atomic E-state index is 0.0397. The fraction of sp³-hybridized carbons (Fsp3) is 0.125. The van der Waals surface area contributed by atoms with E-state index in [1.807, 2.05) is 0 Å². The Bertz CT molecular complexity index is 636. The van der Waals surface area contributed by atoms with Gasteiger partial charge in [-0.25, -0.2) is 4.98 Å². The predicted molar refractivity (Wildman–Crippen MR) is 71.1 cm³/mol. The highest BCUT2D eigenvalue weighted by molar-refractivity contribution is 7.71. The van der Waals surface area contributed by atoms with Crippen LogP contribution in [0.1, 0.15) is 0 Å². The Morgan fingerprint density at radius 3 is 2.21 bits per heavy atom. The lowest BCUT2D eigenvalue weighted by molar-refractivity contribution is 0.343. The van der Waals surface area contributed by atoms with Crippen LogP contribution in [-0.2, 0) is 9.13 Å². The number of benzene rings is 1. The molecule has 0 unspecified atom stereocenters. The molecule has 0 bridgehead atoms. The molecule has 2 aromatic rings. The fourth-order valence-corrected chi connectivity index (χ4v) is 4.63. The summed E-state index contributed by atoms with van der Waals surface area (Å²) in [6.07, 6.45) is 0. The number of nitrogens with zero attached hydrogens (tertiary/aromatic N) is 1. The summed E-state index contributed by atoms with van der Waals surface area (Å²) in [5, 5.41) is 2.17. The van der Waals surface area contributed by atoms with Crippen LogP contribution in [0.2, 0.25) is 0 Å². The number of nitrogens with one attached hydrogen (secondary N) is 1. The van der Waals surface area contributed by atoms with Gasteiger partial charge in [-0.05, 0) is 12.1 Å². The summed E-state index contributed by atoms with van der Waals surface area (Å²) in [7, 11) is -10.0. The second-order valence-corrected chi connectivity index (χ2v) is 8.51. The zero-order valence-electron chi connectivity index (χ0n) is 9.24. The van der Waals surface area contributed by atoms with Crippen molar-refractivity contribution in [1.82, 2.24) is 4.98 Å². The molecule has 11 heteroatoms. The first-order valence-corrected chi connectivity index (χ1v) is 9.08. The molecule has 0 aliphatic rings. The Hall–Kier alpha value is -0.790. The van der Waals surface area contributed by atoms with E-state index in [0.29, 0.717) is 5.52 Å². The van der Waals surface area contributed by atoms with Gasteiger partial charge in [-0.15, -0.1) is 0 Å². The van der Waals surface area contributed by atoms with E-state index in [2.05, 4.69) is 10.3 Å². The molecule has 5 N–H and O–H groups in total. The molecule has 1 aromatic carbocycles. The van der Waals surface area contributed by atoms with Gasteiger partial charge in [0.2, 0.25) is 5.52 Å². The first-order chi connectivity index (χ1) is 8.68. The van der Waals surface area contributed by atoms with Gasteiger partial charge in [-0.1, -0.05) is 23.5 Å². The van der Waals surface area contributed by atoms with Crippen LogP contribution in [0.25, 0.3) is 10.2 Å². The van der Waals surface area contributed by atoms with Crippen molar-refractivity contribution in [3.63, 3.8) is 0 Å². The molecule has 0 aliphatic carbocycles. The normalized spacial score (nSPS) is 13.1. The summed E-state index contributed by atoms with van der Waals surface area (Å²) in [4.78, 5) is 39.9. The van der Waals surface area contributed by atoms with Crippen molar-refractivity contribution in [2.24, 2.45) is 0 Å². The van der Waals surface area contributed by atoms with E-state index >= 15 is 0 Å². The van der Waals surface area contributed by atoms with Crippen molar-refractivity contribution in [2.75, 3.05) is 5.32 Å². The molecule has 0 saturated heterocycles. The summed E-state index contributed by atoms with van der Waals surface area (Å²) >= 11 is 1.05. The molecular formula is C8H10N2O6P2S. The highest BCUT2D eigenvalue weighted by atomic mass is 32.1. The monoisotopic (exact) mass is 324 g/mol. The minimum atomic E-state index is -5.01. The van der Waals surface area contributed by atoms with Gasteiger partial charge in [-0.3, -0.25) is 9.13 Å². The SMILES string of the molecule is O=P(O)(O)C(Nc1nc2ccccc2s1)P(=O)(O)O. The number of para-hydroxylation sites is 1. The van der Waals surface area contributed by atoms with E-state index in [4.69, 9.17) is 19.6 Å². The molecule has 2 rings (SSSR count). The summed E-state index contributed by atoms with van der Waals surface area (Å²) < 4.78 is 23.0. The van der Waals surface area contributed by atoms with Gasteiger partial charge in [-0.2, -0.15) is 0 Å². The van der Waals surface area contributed by atoms with Crippen LogP contribution in [0, 0.1) is 0 Å². The second kappa shape index (κ2) is 4.96. The number of rotatable bonds is 4. The van der Waals surface area contributed by atoms with Crippen LogP contribution < -0.4 is 5.32 Å². The third-order valence-electron chi connectivity index (χ3n) is 2.18. The molecule has 19 heavy (non-hydrogen) atoms. The van der Waals surface area contributed by atoms with Crippen LogP contribution in [0.5, 0.6) is 0 Å². The van der Waals surface area contributed by atoms with Crippen molar-refractivity contribution in [2.45, 2.75) is 5.52 Å². The Labute approximate surface area is 111 Å². The Morgan fingerprint density at radius 2 is 1.68 bits per heavy atom. The van der Waals surface area contributed by atoms with Crippen molar-refractivity contribution < 1.29 is 28.7 Å². The lowest BCUT2D eigenvalue weighted by Gasteiger charge is -2.19. The number of anilines is 1. The van der Waals surface area contributed by atoms with Crippen LogP contribution in [0.3, 0.4) is 0 Å².